The highest BCUT2D eigenvalue weighted by Crippen LogP contribution is 2.22. The molecule has 0 saturated heterocycles. The van der Waals surface area contributed by atoms with Gasteiger partial charge in [-0.05, 0) is 31.0 Å². The summed E-state index contributed by atoms with van der Waals surface area (Å²) >= 11 is 0. The Morgan fingerprint density at radius 3 is 2.55 bits per heavy atom. The number of benzene rings is 1. The van der Waals surface area contributed by atoms with Crippen molar-refractivity contribution in [3.63, 3.8) is 0 Å². The van der Waals surface area contributed by atoms with Gasteiger partial charge in [-0.15, -0.1) is 10.2 Å². The van der Waals surface area contributed by atoms with E-state index >= 15 is 0 Å². The first-order valence-corrected chi connectivity index (χ1v) is 7.19. The second kappa shape index (κ2) is 6.07. The van der Waals surface area contributed by atoms with Gasteiger partial charge in [0.25, 0.3) is 0 Å². The van der Waals surface area contributed by atoms with E-state index in [9.17, 15) is 0 Å². The van der Waals surface area contributed by atoms with Crippen molar-refractivity contribution >= 4 is 0 Å². The molecule has 0 spiro atoms. The van der Waals surface area contributed by atoms with Gasteiger partial charge in [0.15, 0.2) is 0 Å². The van der Waals surface area contributed by atoms with E-state index in [-0.39, 0.29) is 0 Å². The zero-order valence-electron chi connectivity index (χ0n) is 12.4. The summed E-state index contributed by atoms with van der Waals surface area (Å²) in [6, 6.07) is 15.8. The van der Waals surface area contributed by atoms with Crippen LogP contribution < -0.4 is 5.73 Å². The first-order chi connectivity index (χ1) is 10.6. The Kier molecular flexibility index (Phi) is 3.98. The summed E-state index contributed by atoms with van der Waals surface area (Å²) < 4.78 is 5.74. The number of hydrogen-bond donors (Lipinski definition) is 1. The zero-order valence-corrected chi connectivity index (χ0v) is 12.4. The van der Waals surface area contributed by atoms with Crippen LogP contribution in [0.2, 0.25) is 0 Å². The molecule has 0 radical (unpaired) electrons. The molecule has 0 unspecified atom stereocenters. The lowest BCUT2D eigenvalue weighted by Crippen LogP contribution is -2.35. The molecule has 0 aliphatic carbocycles. The van der Waals surface area contributed by atoms with Gasteiger partial charge in [0.2, 0.25) is 11.8 Å². The maximum Gasteiger partial charge on any atom is 0.236 e. The summed E-state index contributed by atoms with van der Waals surface area (Å²) in [6.45, 7) is 1.90. The molecule has 22 heavy (non-hydrogen) atoms. The summed E-state index contributed by atoms with van der Waals surface area (Å²) in [7, 11) is 0. The van der Waals surface area contributed by atoms with Gasteiger partial charge in [-0.1, -0.05) is 36.4 Å². The number of hydrogen-bond acceptors (Lipinski definition) is 5. The van der Waals surface area contributed by atoms with Gasteiger partial charge >= 0.3 is 0 Å². The van der Waals surface area contributed by atoms with Crippen LogP contribution in [0, 0.1) is 0 Å². The SMILES string of the molecule is C[C@](N)(Cc1ccccc1)c1nnc(Cc2ccccn2)o1. The zero-order chi connectivity index (χ0) is 15.4. The van der Waals surface area contributed by atoms with Crippen LogP contribution in [0.4, 0.5) is 0 Å². The van der Waals surface area contributed by atoms with Gasteiger partial charge in [0.1, 0.15) is 0 Å². The fraction of sp³-hybridized carbons (Fsp3) is 0.235. The lowest BCUT2D eigenvalue weighted by molar-refractivity contribution is 0.338. The van der Waals surface area contributed by atoms with Crippen LogP contribution in [0.3, 0.4) is 0 Å². The smallest absolute Gasteiger partial charge is 0.236 e. The van der Waals surface area contributed by atoms with Crippen molar-refractivity contribution in [1.29, 1.82) is 0 Å². The lowest BCUT2D eigenvalue weighted by Gasteiger charge is -2.20. The van der Waals surface area contributed by atoms with Crippen molar-refractivity contribution in [3.05, 3.63) is 77.8 Å². The highest BCUT2D eigenvalue weighted by Gasteiger charge is 2.28. The predicted molar refractivity (Wildman–Crippen MR) is 83.0 cm³/mol. The van der Waals surface area contributed by atoms with Crippen LogP contribution in [-0.4, -0.2) is 15.2 Å². The number of nitrogens with two attached hydrogens (primary N) is 1. The van der Waals surface area contributed by atoms with Gasteiger partial charge in [0.05, 0.1) is 12.0 Å². The quantitative estimate of drug-likeness (QED) is 0.782. The van der Waals surface area contributed by atoms with Crippen molar-refractivity contribution in [2.24, 2.45) is 5.73 Å². The number of aromatic nitrogens is 3. The van der Waals surface area contributed by atoms with Crippen molar-refractivity contribution < 1.29 is 4.42 Å². The summed E-state index contributed by atoms with van der Waals surface area (Å²) in [6.07, 6.45) is 2.89. The van der Waals surface area contributed by atoms with Crippen molar-refractivity contribution in [2.45, 2.75) is 25.3 Å². The van der Waals surface area contributed by atoms with E-state index < -0.39 is 5.54 Å². The third-order valence-corrected chi connectivity index (χ3v) is 3.43. The second-order valence-corrected chi connectivity index (χ2v) is 5.58. The molecule has 1 aromatic carbocycles. The molecule has 1 atom stereocenters. The Labute approximate surface area is 129 Å². The molecule has 0 bridgehead atoms. The fourth-order valence-electron chi connectivity index (χ4n) is 2.31. The van der Waals surface area contributed by atoms with Crippen molar-refractivity contribution in [3.8, 4) is 0 Å². The van der Waals surface area contributed by atoms with Crippen LogP contribution in [0.25, 0.3) is 0 Å². The molecular formula is C17H18N4O. The number of nitrogens with zero attached hydrogens (tertiary/aromatic N) is 3. The lowest BCUT2D eigenvalue weighted by atomic mass is 9.94. The van der Waals surface area contributed by atoms with E-state index in [0.717, 1.165) is 11.3 Å². The van der Waals surface area contributed by atoms with Crippen LogP contribution in [0.5, 0.6) is 0 Å². The maximum absolute atomic E-state index is 6.36. The fourth-order valence-corrected chi connectivity index (χ4v) is 2.31. The minimum Gasteiger partial charge on any atom is -0.423 e. The van der Waals surface area contributed by atoms with Crippen LogP contribution in [-0.2, 0) is 18.4 Å². The molecule has 3 rings (SSSR count). The van der Waals surface area contributed by atoms with E-state index in [1.54, 1.807) is 6.20 Å². The third-order valence-electron chi connectivity index (χ3n) is 3.43. The van der Waals surface area contributed by atoms with E-state index in [0.29, 0.717) is 24.6 Å². The number of rotatable bonds is 5. The Morgan fingerprint density at radius 2 is 1.82 bits per heavy atom. The number of pyridine rings is 1. The van der Waals surface area contributed by atoms with Crippen LogP contribution in [0.15, 0.2) is 59.1 Å². The largest absolute Gasteiger partial charge is 0.423 e. The predicted octanol–water partition coefficient (Wildman–Crippen LogP) is 2.47. The topological polar surface area (TPSA) is 77.8 Å². The van der Waals surface area contributed by atoms with Crippen LogP contribution in [0.1, 0.15) is 30.0 Å². The molecule has 0 fully saturated rings. The molecule has 0 amide bonds. The highest BCUT2D eigenvalue weighted by atomic mass is 16.4. The van der Waals surface area contributed by atoms with Gasteiger partial charge < -0.3 is 10.2 Å². The van der Waals surface area contributed by atoms with Gasteiger partial charge in [0, 0.05) is 11.9 Å². The molecule has 2 N–H and O–H groups in total. The summed E-state index contributed by atoms with van der Waals surface area (Å²) in [5.41, 5.74) is 7.69. The maximum atomic E-state index is 6.36. The van der Waals surface area contributed by atoms with E-state index in [1.165, 1.54) is 0 Å². The molecular weight excluding hydrogens is 276 g/mol. The first-order valence-electron chi connectivity index (χ1n) is 7.19. The first kappa shape index (κ1) is 14.4. The van der Waals surface area contributed by atoms with E-state index in [1.807, 2.05) is 55.5 Å². The minimum atomic E-state index is -0.698. The average Bonchev–Trinajstić information content (AvgIpc) is 2.98. The van der Waals surface area contributed by atoms with E-state index in [4.69, 9.17) is 10.2 Å². The minimum absolute atomic E-state index is 0.447. The third kappa shape index (κ3) is 3.38. The van der Waals surface area contributed by atoms with Gasteiger partial charge in [-0.3, -0.25) is 4.98 Å². The average molecular weight is 294 g/mol. The van der Waals surface area contributed by atoms with E-state index in [2.05, 4.69) is 15.2 Å². The Hall–Kier alpha value is -2.53. The Bertz CT molecular complexity index is 723. The molecule has 0 saturated carbocycles. The van der Waals surface area contributed by atoms with Crippen LogP contribution >= 0.6 is 0 Å². The second-order valence-electron chi connectivity index (χ2n) is 5.58. The van der Waals surface area contributed by atoms with Crippen molar-refractivity contribution in [2.75, 3.05) is 0 Å². The Morgan fingerprint density at radius 1 is 1.05 bits per heavy atom. The Balaban J connectivity index is 1.75. The molecule has 3 aromatic rings. The summed E-state index contributed by atoms with van der Waals surface area (Å²) in [4.78, 5) is 4.25. The molecule has 0 aliphatic heterocycles. The highest BCUT2D eigenvalue weighted by molar-refractivity contribution is 5.19. The van der Waals surface area contributed by atoms with Gasteiger partial charge in [-0.2, -0.15) is 0 Å². The summed E-state index contributed by atoms with van der Waals surface area (Å²) in [5.74, 6) is 0.973. The monoisotopic (exact) mass is 294 g/mol. The standard InChI is InChI=1S/C17H18N4O/c1-17(18,12-13-7-3-2-4-8-13)16-21-20-15(22-16)11-14-9-5-6-10-19-14/h2-10H,11-12,18H2,1H3/t17-/m0/s1. The molecule has 5 heteroatoms. The van der Waals surface area contributed by atoms with Gasteiger partial charge in [-0.25, -0.2) is 0 Å². The molecule has 2 heterocycles. The molecule has 5 nitrogen and oxygen atoms in total. The normalized spacial score (nSPS) is 13.7. The molecule has 2 aromatic heterocycles. The summed E-state index contributed by atoms with van der Waals surface area (Å²) in [5, 5.41) is 8.19. The molecule has 112 valence electrons. The van der Waals surface area contributed by atoms with Crippen molar-refractivity contribution in [1.82, 2.24) is 15.2 Å². The molecule has 0 aliphatic rings.